The van der Waals surface area contributed by atoms with E-state index < -0.39 is 0 Å². The Morgan fingerprint density at radius 3 is 2.80 bits per heavy atom. The van der Waals surface area contributed by atoms with E-state index in [0.29, 0.717) is 17.8 Å². The van der Waals surface area contributed by atoms with Gasteiger partial charge in [-0.05, 0) is 19.1 Å². The van der Waals surface area contributed by atoms with Crippen LogP contribution >= 0.6 is 0 Å². The number of nitrogens with zero attached hydrogens (tertiary/aromatic N) is 2. The van der Waals surface area contributed by atoms with Gasteiger partial charge in [0.2, 0.25) is 0 Å². The summed E-state index contributed by atoms with van der Waals surface area (Å²) in [5.41, 5.74) is 2.07. The molecule has 2 amide bonds. The van der Waals surface area contributed by atoms with Crippen molar-refractivity contribution >= 4 is 17.5 Å². The van der Waals surface area contributed by atoms with Crippen LogP contribution in [0.2, 0.25) is 0 Å². The third-order valence-electron chi connectivity index (χ3n) is 2.74. The lowest BCUT2D eigenvalue weighted by Gasteiger charge is -2.07. The SMILES string of the molecule is CC(=O)c1cccc(NC(=O)NCc2cnn(C)c2)c1. The number of carbonyl (C=O) groups is 2. The Hall–Kier alpha value is -2.63. The number of hydrogen-bond acceptors (Lipinski definition) is 3. The number of ketones is 1. The van der Waals surface area contributed by atoms with Crippen molar-refractivity contribution in [3.63, 3.8) is 0 Å². The summed E-state index contributed by atoms with van der Waals surface area (Å²) in [7, 11) is 1.82. The lowest BCUT2D eigenvalue weighted by atomic mass is 10.1. The zero-order valence-electron chi connectivity index (χ0n) is 11.4. The molecule has 2 N–H and O–H groups in total. The molecular formula is C14H16N4O2. The largest absolute Gasteiger partial charge is 0.334 e. The Morgan fingerprint density at radius 2 is 2.15 bits per heavy atom. The topological polar surface area (TPSA) is 76.0 Å². The third kappa shape index (κ3) is 3.68. The summed E-state index contributed by atoms with van der Waals surface area (Å²) in [5.74, 6) is -0.0376. The molecule has 104 valence electrons. The highest BCUT2D eigenvalue weighted by atomic mass is 16.2. The van der Waals surface area contributed by atoms with Crippen LogP contribution in [0.1, 0.15) is 22.8 Å². The minimum absolute atomic E-state index is 0.0376. The van der Waals surface area contributed by atoms with Gasteiger partial charge in [0, 0.05) is 36.6 Å². The quantitative estimate of drug-likeness (QED) is 0.835. The first-order valence-electron chi connectivity index (χ1n) is 6.18. The van der Waals surface area contributed by atoms with Gasteiger partial charge < -0.3 is 10.6 Å². The maximum atomic E-state index is 11.7. The maximum Gasteiger partial charge on any atom is 0.319 e. The van der Waals surface area contributed by atoms with Crippen molar-refractivity contribution in [3.05, 3.63) is 47.8 Å². The molecule has 0 radical (unpaired) electrons. The Labute approximate surface area is 116 Å². The number of benzene rings is 1. The Morgan fingerprint density at radius 1 is 1.35 bits per heavy atom. The van der Waals surface area contributed by atoms with E-state index in [1.807, 2.05) is 13.2 Å². The summed E-state index contributed by atoms with van der Waals surface area (Å²) in [5, 5.41) is 9.42. The van der Waals surface area contributed by atoms with Crippen molar-refractivity contribution in [2.75, 3.05) is 5.32 Å². The van der Waals surface area contributed by atoms with Crippen LogP contribution in [0, 0.1) is 0 Å². The standard InChI is InChI=1S/C14H16N4O2/c1-10(19)12-4-3-5-13(6-12)17-14(20)15-7-11-8-16-18(2)9-11/h3-6,8-9H,7H2,1-2H3,(H2,15,17,20). The summed E-state index contributed by atoms with van der Waals surface area (Å²) in [6.45, 7) is 1.88. The van der Waals surface area contributed by atoms with E-state index in [0.717, 1.165) is 5.56 Å². The Balaban J connectivity index is 1.91. The number of amides is 2. The fraction of sp³-hybridized carbons (Fsp3) is 0.214. The molecule has 2 aromatic rings. The van der Waals surface area contributed by atoms with Gasteiger partial charge in [-0.15, -0.1) is 0 Å². The second kappa shape index (κ2) is 6.01. The monoisotopic (exact) mass is 272 g/mol. The number of anilines is 1. The van der Waals surface area contributed by atoms with Gasteiger partial charge in [-0.1, -0.05) is 12.1 Å². The van der Waals surface area contributed by atoms with Crippen molar-refractivity contribution in [3.8, 4) is 0 Å². The van der Waals surface area contributed by atoms with Crippen LogP contribution in [0.3, 0.4) is 0 Å². The molecular weight excluding hydrogens is 256 g/mol. The number of aryl methyl sites for hydroxylation is 1. The molecule has 1 aromatic heterocycles. The molecule has 6 heteroatoms. The van der Waals surface area contributed by atoms with Gasteiger partial charge in [-0.2, -0.15) is 5.10 Å². The van der Waals surface area contributed by atoms with Crippen LogP contribution in [0.4, 0.5) is 10.5 Å². The zero-order valence-corrected chi connectivity index (χ0v) is 11.4. The fourth-order valence-corrected chi connectivity index (χ4v) is 1.74. The van der Waals surface area contributed by atoms with Crippen molar-refractivity contribution in [2.24, 2.45) is 7.05 Å². The molecule has 2 rings (SSSR count). The Bertz CT molecular complexity index is 634. The number of urea groups is 1. The smallest absolute Gasteiger partial charge is 0.319 e. The first-order valence-corrected chi connectivity index (χ1v) is 6.18. The summed E-state index contributed by atoms with van der Waals surface area (Å²) in [6.07, 6.45) is 3.52. The van der Waals surface area contributed by atoms with E-state index in [9.17, 15) is 9.59 Å². The van der Waals surface area contributed by atoms with Crippen LogP contribution in [0.5, 0.6) is 0 Å². The molecule has 0 unspecified atom stereocenters. The number of carbonyl (C=O) groups excluding carboxylic acids is 2. The zero-order chi connectivity index (χ0) is 14.5. The normalized spacial score (nSPS) is 10.1. The molecule has 0 saturated heterocycles. The average Bonchev–Trinajstić information content (AvgIpc) is 2.82. The van der Waals surface area contributed by atoms with E-state index in [-0.39, 0.29) is 11.8 Å². The first-order chi connectivity index (χ1) is 9.54. The van der Waals surface area contributed by atoms with E-state index in [1.165, 1.54) is 6.92 Å². The molecule has 0 bridgehead atoms. The highest BCUT2D eigenvalue weighted by Crippen LogP contribution is 2.11. The summed E-state index contributed by atoms with van der Waals surface area (Å²) in [6, 6.07) is 6.49. The lowest BCUT2D eigenvalue weighted by Crippen LogP contribution is -2.28. The predicted molar refractivity (Wildman–Crippen MR) is 75.5 cm³/mol. The fourth-order valence-electron chi connectivity index (χ4n) is 1.74. The second-order valence-corrected chi connectivity index (χ2v) is 4.47. The minimum atomic E-state index is -0.324. The van der Waals surface area contributed by atoms with Crippen molar-refractivity contribution in [1.29, 1.82) is 0 Å². The van der Waals surface area contributed by atoms with Crippen LogP contribution in [0.25, 0.3) is 0 Å². The van der Waals surface area contributed by atoms with Crippen molar-refractivity contribution in [2.45, 2.75) is 13.5 Å². The number of nitrogens with one attached hydrogen (secondary N) is 2. The molecule has 6 nitrogen and oxygen atoms in total. The van der Waals surface area contributed by atoms with Gasteiger partial charge in [-0.3, -0.25) is 9.48 Å². The molecule has 0 aliphatic carbocycles. The van der Waals surface area contributed by atoms with Gasteiger partial charge in [0.25, 0.3) is 0 Å². The number of aromatic nitrogens is 2. The number of Topliss-reactive ketones (excluding diaryl/α,β-unsaturated/α-hetero) is 1. The van der Waals surface area contributed by atoms with E-state index in [4.69, 9.17) is 0 Å². The van der Waals surface area contributed by atoms with Gasteiger partial charge in [-0.25, -0.2) is 4.79 Å². The highest BCUT2D eigenvalue weighted by Gasteiger charge is 2.05. The molecule has 20 heavy (non-hydrogen) atoms. The van der Waals surface area contributed by atoms with Gasteiger partial charge in [0.05, 0.1) is 6.20 Å². The summed E-state index contributed by atoms with van der Waals surface area (Å²) >= 11 is 0. The van der Waals surface area contributed by atoms with Crippen molar-refractivity contribution in [1.82, 2.24) is 15.1 Å². The highest BCUT2D eigenvalue weighted by molar-refractivity contribution is 5.96. The summed E-state index contributed by atoms with van der Waals surface area (Å²) < 4.78 is 1.67. The summed E-state index contributed by atoms with van der Waals surface area (Å²) in [4.78, 5) is 23.0. The molecule has 0 spiro atoms. The maximum absolute atomic E-state index is 11.7. The molecule has 0 atom stereocenters. The molecule has 1 heterocycles. The molecule has 1 aromatic carbocycles. The van der Waals surface area contributed by atoms with Gasteiger partial charge >= 0.3 is 6.03 Å². The predicted octanol–water partition coefficient (Wildman–Crippen LogP) is 1.94. The third-order valence-corrected chi connectivity index (χ3v) is 2.74. The second-order valence-electron chi connectivity index (χ2n) is 4.47. The van der Waals surface area contributed by atoms with Crippen LogP contribution < -0.4 is 10.6 Å². The molecule has 0 aliphatic heterocycles. The molecule has 0 fully saturated rings. The van der Waals surface area contributed by atoms with E-state index in [2.05, 4.69) is 15.7 Å². The number of rotatable bonds is 4. The van der Waals surface area contributed by atoms with Crippen LogP contribution in [0.15, 0.2) is 36.7 Å². The van der Waals surface area contributed by atoms with Crippen LogP contribution in [-0.2, 0) is 13.6 Å². The van der Waals surface area contributed by atoms with Crippen molar-refractivity contribution < 1.29 is 9.59 Å². The van der Waals surface area contributed by atoms with Crippen LogP contribution in [-0.4, -0.2) is 21.6 Å². The number of hydrogen-bond donors (Lipinski definition) is 2. The molecule has 0 aliphatic rings. The van der Waals surface area contributed by atoms with Gasteiger partial charge in [0.1, 0.15) is 0 Å². The Kier molecular flexibility index (Phi) is 4.14. The average molecular weight is 272 g/mol. The molecule has 0 saturated carbocycles. The van der Waals surface area contributed by atoms with E-state index >= 15 is 0 Å². The van der Waals surface area contributed by atoms with E-state index in [1.54, 1.807) is 35.1 Å². The minimum Gasteiger partial charge on any atom is -0.334 e. The first kappa shape index (κ1) is 13.8. The van der Waals surface area contributed by atoms with Gasteiger partial charge in [0.15, 0.2) is 5.78 Å². The lowest BCUT2D eigenvalue weighted by molar-refractivity contribution is 0.101.